The van der Waals surface area contributed by atoms with Gasteiger partial charge < -0.3 is 5.32 Å². The van der Waals surface area contributed by atoms with Crippen LogP contribution in [0.3, 0.4) is 0 Å². The van der Waals surface area contributed by atoms with Crippen molar-refractivity contribution in [3.63, 3.8) is 0 Å². The molecule has 1 aliphatic rings. The molecule has 1 fully saturated rings. The van der Waals surface area contributed by atoms with Gasteiger partial charge in [-0.25, -0.2) is 9.37 Å². The molecular weight excluding hydrogens is 343 g/mol. The van der Waals surface area contributed by atoms with E-state index in [2.05, 4.69) is 10.3 Å². The number of nitrogens with one attached hydrogen (secondary N) is 1. The summed E-state index contributed by atoms with van der Waals surface area (Å²) in [5, 5.41) is 5.88. The molecule has 1 amide bonds. The summed E-state index contributed by atoms with van der Waals surface area (Å²) in [7, 11) is 0. The molecule has 2 aromatic heterocycles. The smallest absolute Gasteiger partial charge is 0.263 e. The lowest BCUT2D eigenvalue weighted by Gasteiger charge is -2.16. The number of nitrogens with zero attached hydrogens (tertiary/aromatic N) is 1. The van der Waals surface area contributed by atoms with Gasteiger partial charge in [0.1, 0.15) is 15.7 Å². The van der Waals surface area contributed by atoms with E-state index < -0.39 is 0 Å². The summed E-state index contributed by atoms with van der Waals surface area (Å²) >= 11 is 3.02. The van der Waals surface area contributed by atoms with Gasteiger partial charge in [-0.05, 0) is 42.0 Å². The third-order valence-electron chi connectivity index (χ3n) is 4.36. The Morgan fingerprint density at radius 1 is 1.25 bits per heavy atom. The molecule has 0 atom stereocenters. The Morgan fingerprint density at radius 3 is 2.71 bits per heavy atom. The lowest BCUT2D eigenvalue weighted by atomic mass is 9.96. The molecule has 3 nitrogen and oxygen atoms in total. The average Bonchev–Trinajstić information content (AvgIpc) is 3.02. The molecule has 1 aromatic carbocycles. The van der Waals surface area contributed by atoms with Crippen LogP contribution in [0.1, 0.15) is 28.1 Å². The maximum Gasteiger partial charge on any atom is 0.263 e. The Balaban J connectivity index is 1.43. The van der Waals surface area contributed by atoms with Crippen LogP contribution in [0.5, 0.6) is 0 Å². The summed E-state index contributed by atoms with van der Waals surface area (Å²) in [6.07, 6.45) is 3.66. The molecule has 24 heavy (non-hydrogen) atoms. The summed E-state index contributed by atoms with van der Waals surface area (Å²) in [6, 6.07) is 10.6. The summed E-state index contributed by atoms with van der Waals surface area (Å²) in [5.74, 6) is -0.326. The van der Waals surface area contributed by atoms with Gasteiger partial charge in [0, 0.05) is 12.0 Å². The molecule has 3 aromatic rings. The van der Waals surface area contributed by atoms with Crippen molar-refractivity contribution < 1.29 is 9.18 Å². The molecule has 0 unspecified atom stereocenters. The van der Waals surface area contributed by atoms with Crippen molar-refractivity contribution in [3.05, 3.63) is 64.2 Å². The highest BCUT2D eigenvalue weighted by atomic mass is 32.1. The fourth-order valence-corrected chi connectivity index (χ4v) is 4.39. The number of hydrogen-bond acceptors (Lipinski definition) is 4. The van der Waals surface area contributed by atoms with Crippen molar-refractivity contribution in [1.29, 1.82) is 0 Å². The third-order valence-corrected chi connectivity index (χ3v) is 6.39. The van der Waals surface area contributed by atoms with Crippen LogP contribution in [0.25, 0.3) is 9.88 Å². The molecular formula is C18H15FN2OS2. The predicted octanol–water partition coefficient (Wildman–Crippen LogP) is 4.47. The average molecular weight is 358 g/mol. The van der Waals surface area contributed by atoms with E-state index in [1.54, 1.807) is 17.5 Å². The lowest BCUT2D eigenvalue weighted by Crippen LogP contribution is -2.31. The second-order valence-electron chi connectivity index (χ2n) is 5.98. The Bertz CT molecular complexity index is 852. The summed E-state index contributed by atoms with van der Waals surface area (Å²) in [6.45, 7) is 0.573. The third kappa shape index (κ3) is 2.99. The fourth-order valence-electron chi connectivity index (χ4n) is 2.75. The molecule has 0 spiro atoms. The van der Waals surface area contributed by atoms with Gasteiger partial charge in [0.2, 0.25) is 0 Å². The normalized spacial score (nSPS) is 15.2. The van der Waals surface area contributed by atoms with Crippen molar-refractivity contribution in [1.82, 2.24) is 10.3 Å². The topological polar surface area (TPSA) is 42.0 Å². The van der Waals surface area contributed by atoms with E-state index >= 15 is 0 Å². The van der Waals surface area contributed by atoms with Crippen LogP contribution in [0.15, 0.2) is 48.0 Å². The Hall–Kier alpha value is -2.05. The molecule has 0 aliphatic heterocycles. The van der Waals surface area contributed by atoms with E-state index in [0.29, 0.717) is 11.4 Å². The number of hydrogen-bond donors (Lipinski definition) is 1. The number of carbonyl (C=O) groups is 1. The van der Waals surface area contributed by atoms with E-state index in [0.717, 1.165) is 28.3 Å². The van der Waals surface area contributed by atoms with E-state index in [4.69, 9.17) is 0 Å². The standard InChI is InChI=1S/C18H15FN2OS2/c19-13-5-3-12(4-6-13)18(7-8-18)11-21-16(22)15-10-20-17(24-15)14-2-1-9-23-14/h1-6,9-10H,7-8,11H2,(H,21,22). The number of amides is 1. The highest BCUT2D eigenvalue weighted by Gasteiger charge is 2.44. The predicted molar refractivity (Wildman–Crippen MR) is 95.1 cm³/mol. The van der Waals surface area contributed by atoms with E-state index in [-0.39, 0.29) is 17.1 Å². The van der Waals surface area contributed by atoms with E-state index in [9.17, 15) is 9.18 Å². The van der Waals surface area contributed by atoms with Crippen LogP contribution in [0.2, 0.25) is 0 Å². The number of aromatic nitrogens is 1. The van der Waals surface area contributed by atoms with Crippen molar-refractivity contribution in [3.8, 4) is 9.88 Å². The van der Waals surface area contributed by atoms with Crippen molar-refractivity contribution in [2.24, 2.45) is 0 Å². The van der Waals surface area contributed by atoms with Crippen LogP contribution in [-0.4, -0.2) is 17.4 Å². The first-order valence-electron chi connectivity index (χ1n) is 7.70. The van der Waals surface area contributed by atoms with Gasteiger partial charge in [0.05, 0.1) is 11.1 Å². The molecule has 0 radical (unpaired) electrons. The zero-order chi connectivity index (χ0) is 16.6. The second-order valence-corrected chi connectivity index (χ2v) is 7.96. The van der Waals surface area contributed by atoms with Crippen molar-refractivity contribution in [2.45, 2.75) is 18.3 Å². The highest BCUT2D eigenvalue weighted by molar-refractivity contribution is 7.21. The number of rotatable bonds is 5. The van der Waals surface area contributed by atoms with E-state index in [1.165, 1.54) is 23.5 Å². The van der Waals surface area contributed by atoms with Gasteiger partial charge in [-0.15, -0.1) is 22.7 Å². The largest absolute Gasteiger partial charge is 0.350 e. The highest BCUT2D eigenvalue weighted by Crippen LogP contribution is 2.47. The number of benzene rings is 1. The summed E-state index contributed by atoms with van der Waals surface area (Å²) in [5.41, 5.74) is 1.05. The van der Waals surface area contributed by atoms with E-state index in [1.807, 2.05) is 29.6 Å². The van der Waals surface area contributed by atoms with Gasteiger partial charge in [-0.3, -0.25) is 4.79 Å². The Kier molecular flexibility index (Phi) is 3.94. The van der Waals surface area contributed by atoms with Crippen LogP contribution < -0.4 is 5.32 Å². The van der Waals surface area contributed by atoms with Crippen LogP contribution in [0, 0.1) is 5.82 Å². The van der Waals surface area contributed by atoms with Crippen LogP contribution in [-0.2, 0) is 5.41 Å². The van der Waals surface area contributed by atoms with Crippen LogP contribution >= 0.6 is 22.7 Å². The molecule has 0 bridgehead atoms. The molecule has 4 rings (SSSR count). The van der Waals surface area contributed by atoms with Gasteiger partial charge in [0.25, 0.3) is 5.91 Å². The molecule has 1 N–H and O–H groups in total. The lowest BCUT2D eigenvalue weighted by molar-refractivity contribution is 0.0953. The first-order valence-corrected chi connectivity index (χ1v) is 9.40. The SMILES string of the molecule is O=C(NCC1(c2ccc(F)cc2)CC1)c1cnc(-c2cccs2)s1. The molecule has 6 heteroatoms. The first-order chi connectivity index (χ1) is 11.7. The quantitative estimate of drug-likeness (QED) is 0.731. The fraction of sp³-hybridized carbons (Fsp3) is 0.222. The van der Waals surface area contributed by atoms with Crippen molar-refractivity contribution >= 4 is 28.6 Å². The second kappa shape index (κ2) is 6.11. The monoisotopic (exact) mass is 358 g/mol. The first kappa shape index (κ1) is 15.5. The minimum Gasteiger partial charge on any atom is -0.350 e. The molecule has 0 saturated heterocycles. The molecule has 1 saturated carbocycles. The minimum atomic E-state index is -0.232. The molecule has 122 valence electrons. The van der Waals surface area contributed by atoms with Crippen molar-refractivity contribution in [2.75, 3.05) is 6.54 Å². The summed E-state index contributed by atoms with van der Waals surface area (Å²) < 4.78 is 13.1. The van der Waals surface area contributed by atoms with Gasteiger partial charge in [-0.2, -0.15) is 0 Å². The zero-order valence-corrected chi connectivity index (χ0v) is 14.4. The molecule has 2 heterocycles. The summed E-state index contributed by atoms with van der Waals surface area (Å²) in [4.78, 5) is 18.4. The number of carbonyl (C=O) groups excluding carboxylic acids is 1. The minimum absolute atomic E-state index is 0.0371. The Morgan fingerprint density at radius 2 is 2.04 bits per heavy atom. The van der Waals surface area contributed by atoms with Gasteiger partial charge >= 0.3 is 0 Å². The maximum atomic E-state index is 13.1. The maximum absolute atomic E-state index is 13.1. The van der Waals surface area contributed by atoms with Gasteiger partial charge in [-0.1, -0.05) is 18.2 Å². The number of thiophene rings is 1. The number of thiazole rings is 1. The number of halogens is 1. The van der Waals surface area contributed by atoms with Crippen LogP contribution in [0.4, 0.5) is 4.39 Å². The molecule has 1 aliphatic carbocycles. The Labute approximate surface area is 147 Å². The van der Waals surface area contributed by atoms with Gasteiger partial charge in [0.15, 0.2) is 0 Å². The zero-order valence-electron chi connectivity index (χ0n) is 12.8.